The molecule has 0 saturated carbocycles. The van der Waals surface area contributed by atoms with E-state index >= 15 is 0 Å². The lowest BCUT2D eigenvalue weighted by atomic mass is 10.2. The maximum atomic E-state index is 11.9. The molecule has 6 nitrogen and oxygen atoms in total. The standard InChI is InChI=1S/C11H14N3O3/c1-14(5-2-6-15)11(17)8-3-4-13-9(7-8)10(12)16/h3-4,15H,2,5-6H2,1H3,(H2,12,16). The Morgan fingerprint density at radius 2 is 2.29 bits per heavy atom. The zero-order valence-corrected chi connectivity index (χ0v) is 9.51. The number of pyridine rings is 1. The molecule has 1 heterocycles. The maximum Gasteiger partial charge on any atom is 0.267 e. The first-order chi connectivity index (χ1) is 8.06. The Bertz CT molecular complexity index is 420. The summed E-state index contributed by atoms with van der Waals surface area (Å²) in [5.74, 6) is -1.01. The van der Waals surface area contributed by atoms with Crippen LogP contribution in [-0.2, 0) is 0 Å². The third-order valence-electron chi connectivity index (χ3n) is 2.16. The molecule has 1 aromatic rings. The molecule has 91 valence electrons. The minimum Gasteiger partial charge on any atom is -0.396 e. The van der Waals surface area contributed by atoms with Crippen molar-refractivity contribution < 1.29 is 14.7 Å². The van der Waals surface area contributed by atoms with Crippen LogP contribution in [0.25, 0.3) is 0 Å². The van der Waals surface area contributed by atoms with Crippen LogP contribution in [-0.4, -0.2) is 47.0 Å². The van der Waals surface area contributed by atoms with E-state index in [-0.39, 0.29) is 23.8 Å². The van der Waals surface area contributed by atoms with Gasteiger partial charge in [-0.2, -0.15) is 0 Å². The Morgan fingerprint density at radius 3 is 2.88 bits per heavy atom. The van der Waals surface area contributed by atoms with E-state index in [1.54, 1.807) is 7.05 Å². The van der Waals surface area contributed by atoms with Gasteiger partial charge in [0.1, 0.15) is 5.69 Å². The minimum atomic E-state index is -0.724. The van der Waals surface area contributed by atoms with Crippen molar-refractivity contribution in [3.05, 3.63) is 29.6 Å². The zero-order chi connectivity index (χ0) is 12.8. The molecule has 0 unspecified atom stereocenters. The van der Waals surface area contributed by atoms with Crippen molar-refractivity contribution in [2.75, 3.05) is 20.2 Å². The van der Waals surface area contributed by atoms with Gasteiger partial charge in [0.05, 0.1) is 5.56 Å². The summed E-state index contributed by atoms with van der Waals surface area (Å²) in [6, 6.07) is 4.02. The van der Waals surface area contributed by atoms with Gasteiger partial charge in [0, 0.05) is 32.5 Å². The van der Waals surface area contributed by atoms with Crippen LogP contribution in [0.2, 0.25) is 0 Å². The highest BCUT2D eigenvalue weighted by atomic mass is 16.3. The average molecular weight is 236 g/mol. The van der Waals surface area contributed by atoms with E-state index in [9.17, 15) is 9.59 Å². The lowest BCUT2D eigenvalue weighted by Gasteiger charge is -2.16. The lowest BCUT2D eigenvalue weighted by molar-refractivity contribution is 0.0786. The molecular formula is C11H14N3O3. The van der Waals surface area contributed by atoms with Crippen LogP contribution >= 0.6 is 0 Å². The summed E-state index contributed by atoms with van der Waals surface area (Å²) in [4.78, 5) is 27.9. The quantitative estimate of drug-likeness (QED) is 0.715. The molecule has 0 aliphatic heterocycles. The molecule has 0 bridgehead atoms. The summed E-state index contributed by atoms with van der Waals surface area (Å²) < 4.78 is 0. The molecule has 0 saturated heterocycles. The van der Waals surface area contributed by atoms with Crippen LogP contribution in [0.3, 0.4) is 0 Å². The molecule has 2 amide bonds. The maximum absolute atomic E-state index is 11.9. The van der Waals surface area contributed by atoms with Gasteiger partial charge in [0.25, 0.3) is 11.8 Å². The highest BCUT2D eigenvalue weighted by molar-refractivity contribution is 5.97. The van der Waals surface area contributed by atoms with Crippen molar-refractivity contribution in [2.45, 2.75) is 6.42 Å². The van der Waals surface area contributed by atoms with Gasteiger partial charge in [-0.05, 0) is 12.5 Å². The third kappa shape index (κ3) is 3.53. The SMILES string of the molecule is CN(CCCO)C(=O)c1[c]c(C(N)=O)ncc1. The van der Waals surface area contributed by atoms with Crippen molar-refractivity contribution in [3.63, 3.8) is 0 Å². The van der Waals surface area contributed by atoms with Crippen LogP contribution in [0.4, 0.5) is 0 Å². The predicted octanol–water partition coefficient (Wildman–Crippen LogP) is -0.565. The molecule has 1 rings (SSSR count). The average Bonchev–Trinajstić information content (AvgIpc) is 2.35. The van der Waals surface area contributed by atoms with Gasteiger partial charge in [0.15, 0.2) is 0 Å². The normalized spacial score (nSPS) is 10.0. The fourth-order valence-corrected chi connectivity index (χ4v) is 1.25. The summed E-state index contributed by atoms with van der Waals surface area (Å²) in [5, 5.41) is 8.67. The molecule has 0 aliphatic rings. The van der Waals surface area contributed by atoms with E-state index in [0.29, 0.717) is 13.0 Å². The van der Waals surface area contributed by atoms with E-state index in [4.69, 9.17) is 10.8 Å². The van der Waals surface area contributed by atoms with E-state index in [1.165, 1.54) is 17.2 Å². The molecule has 0 aliphatic carbocycles. The Morgan fingerprint density at radius 1 is 1.59 bits per heavy atom. The molecule has 0 aromatic carbocycles. The van der Waals surface area contributed by atoms with Crippen molar-refractivity contribution >= 4 is 11.8 Å². The molecule has 6 heteroatoms. The number of rotatable bonds is 5. The monoisotopic (exact) mass is 236 g/mol. The van der Waals surface area contributed by atoms with Gasteiger partial charge in [-0.3, -0.25) is 14.6 Å². The molecule has 1 radical (unpaired) electrons. The second-order valence-corrected chi connectivity index (χ2v) is 3.50. The minimum absolute atomic E-state index is 0.0181. The molecular weight excluding hydrogens is 222 g/mol. The molecule has 0 atom stereocenters. The fourth-order valence-electron chi connectivity index (χ4n) is 1.25. The number of carbonyl (C=O) groups is 2. The van der Waals surface area contributed by atoms with Crippen molar-refractivity contribution in [2.24, 2.45) is 5.73 Å². The summed E-state index contributed by atoms with van der Waals surface area (Å²) in [6.07, 6.45) is 1.83. The van der Waals surface area contributed by atoms with E-state index in [0.717, 1.165) is 0 Å². The van der Waals surface area contributed by atoms with E-state index in [1.807, 2.05) is 0 Å². The second-order valence-electron chi connectivity index (χ2n) is 3.50. The van der Waals surface area contributed by atoms with E-state index < -0.39 is 5.91 Å². The molecule has 0 spiro atoms. The third-order valence-corrected chi connectivity index (χ3v) is 2.16. The number of hydrogen-bond donors (Lipinski definition) is 2. The number of nitrogens with two attached hydrogens (primary N) is 1. The smallest absolute Gasteiger partial charge is 0.267 e. The molecule has 3 N–H and O–H groups in total. The van der Waals surface area contributed by atoms with Gasteiger partial charge in [-0.25, -0.2) is 0 Å². The van der Waals surface area contributed by atoms with Crippen LogP contribution in [0.1, 0.15) is 27.3 Å². The number of carbonyl (C=O) groups excluding carboxylic acids is 2. The number of primary amides is 1. The van der Waals surface area contributed by atoms with Gasteiger partial charge >= 0.3 is 0 Å². The summed E-state index contributed by atoms with van der Waals surface area (Å²) in [6.45, 7) is 0.446. The summed E-state index contributed by atoms with van der Waals surface area (Å²) in [5.41, 5.74) is 5.22. The van der Waals surface area contributed by atoms with Crippen LogP contribution in [0, 0.1) is 6.07 Å². The van der Waals surface area contributed by atoms with Gasteiger partial charge in [-0.15, -0.1) is 0 Å². The van der Waals surface area contributed by atoms with Crippen LogP contribution in [0.15, 0.2) is 12.3 Å². The predicted molar refractivity (Wildman–Crippen MR) is 60.3 cm³/mol. The Hall–Kier alpha value is -1.95. The first kappa shape index (κ1) is 13.1. The highest BCUT2D eigenvalue weighted by Crippen LogP contribution is 2.04. The van der Waals surface area contributed by atoms with Gasteiger partial charge < -0.3 is 15.7 Å². The van der Waals surface area contributed by atoms with Crippen LogP contribution in [0.5, 0.6) is 0 Å². The Kier molecular flexibility index (Phi) is 4.59. The topological polar surface area (TPSA) is 96.5 Å². The first-order valence-corrected chi connectivity index (χ1v) is 5.10. The molecule has 17 heavy (non-hydrogen) atoms. The summed E-state index contributed by atoms with van der Waals surface area (Å²) in [7, 11) is 1.61. The highest BCUT2D eigenvalue weighted by Gasteiger charge is 2.13. The fraction of sp³-hybridized carbons (Fsp3) is 0.364. The first-order valence-electron chi connectivity index (χ1n) is 5.10. The number of hydrogen-bond acceptors (Lipinski definition) is 4. The lowest BCUT2D eigenvalue weighted by Crippen LogP contribution is -2.28. The van der Waals surface area contributed by atoms with Gasteiger partial charge in [-0.1, -0.05) is 0 Å². The van der Waals surface area contributed by atoms with Crippen molar-refractivity contribution in [1.82, 2.24) is 9.88 Å². The van der Waals surface area contributed by atoms with E-state index in [2.05, 4.69) is 11.1 Å². The second kappa shape index (κ2) is 5.95. The Labute approximate surface area is 99.1 Å². The number of aliphatic hydroxyl groups is 1. The van der Waals surface area contributed by atoms with Crippen molar-refractivity contribution in [3.8, 4) is 0 Å². The Balaban J connectivity index is 2.81. The zero-order valence-electron chi connectivity index (χ0n) is 9.51. The van der Waals surface area contributed by atoms with Crippen LogP contribution < -0.4 is 5.73 Å². The number of aromatic nitrogens is 1. The molecule has 1 aromatic heterocycles. The largest absolute Gasteiger partial charge is 0.396 e. The summed E-state index contributed by atoms with van der Waals surface area (Å²) >= 11 is 0. The van der Waals surface area contributed by atoms with Gasteiger partial charge in [0.2, 0.25) is 0 Å². The number of nitrogens with zero attached hydrogens (tertiary/aromatic N) is 2. The molecule has 0 fully saturated rings. The number of aliphatic hydroxyl groups excluding tert-OH is 1. The number of amides is 2. The van der Waals surface area contributed by atoms with Crippen molar-refractivity contribution in [1.29, 1.82) is 0 Å².